The average molecular weight is 325 g/mol. The van der Waals surface area contributed by atoms with Crippen molar-refractivity contribution in [1.29, 1.82) is 0 Å². The van der Waals surface area contributed by atoms with Crippen molar-refractivity contribution in [2.75, 3.05) is 25.5 Å². The second-order valence-corrected chi connectivity index (χ2v) is 5.95. The summed E-state index contributed by atoms with van der Waals surface area (Å²) in [6.45, 7) is 3.30. The molecule has 0 aliphatic carbocycles. The number of anilines is 1. The molecule has 1 atom stereocenters. The van der Waals surface area contributed by atoms with Gasteiger partial charge in [0.05, 0.1) is 19.1 Å². The fourth-order valence-corrected chi connectivity index (χ4v) is 2.86. The minimum atomic E-state index is -0.252. The first-order valence-corrected chi connectivity index (χ1v) is 7.77. The molecule has 1 aliphatic heterocycles. The lowest BCUT2D eigenvalue weighted by Crippen LogP contribution is -2.47. The molecule has 1 aromatic carbocycles. The van der Waals surface area contributed by atoms with Gasteiger partial charge in [0.2, 0.25) is 5.91 Å². The maximum absolute atomic E-state index is 12.3. The zero-order chi connectivity index (χ0) is 16.1. The number of likely N-dealkylation sites (tertiary alicyclic amines) is 1. The minimum Gasteiger partial charge on any atom is -0.469 e. The lowest BCUT2D eigenvalue weighted by molar-refractivity contribution is -0.147. The number of amides is 1. The highest BCUT2D eigenvalue weighted by Crippen LogP contribution is 2.21. The number of hydrogen-bond donors (Lipinski definition) is 1. The molecule has 5 nitrogen and oxygen atoms in total. The number of carbonyl (C=O) groups excluding carboxylic acids is 2. The van der Waals surface area contributed by atoms with Gasteiger partial charge in [0.1, 0.15) is 0 Å². The Balaban J connectivity index is 1.88. The number of nitrogens with zero attached hydrogens (tertiary/aromatic N) is 1. The van der Waals surface area contributed by atoms with Crippen LogP contribution in [0.1, 0.15) is 19.8 Å². The second-order valence-electron chi connectivity index (χ2n) is 5.51. The van der Waals surface area contributed by atoms with Crippen molar-refractivity contribution < 1.29 is 14.3 Å². The molecule has 1 amide bonds. The van der Waals surface area contributed by atoms with Crippen molar-refractivity contribution >= 4 is 29.2 Å². The number of nitrogens with one attached hydrogen (secondary N) is 1. The van der Waals surface area contributed by atoms with Crippen LogP contribution in [0.4, 0.5) is 5.69 Å². The first kappa shape index (κ1) is 16.8. The molecule has 0 aromatic heterocycles. The molecule has 0 radical (unpaired) electrons. The maximum Gasteiger partial charge on any atom is 0.308 e. The first-order valence-electron chi connectivity index (χ1n) is 7.39. The summed E-state index contributed by atoms with van der Waals surface area (Å²) in [6.07, 6.45) is 1.45. The van der Waals surface area contributed by atoms with Crippen LogP contribution in [0.5, 0.6) is 0 Å². The third kappa shape index (κ3) is 4.21. The lowest BCUT2D eigenvalue weighted by Gasteiger charge is -2.34. The molecular weight excluding hydrogens is 304 g/mol. The topological polar surface area (TPSA) is 58.6 Å². The number of benzene rings is 1. The summed E-state index contributed by atoms with van der Waals surface area (Å²) in [5.41, 5.74) is 0.689. The van der Waals surface area contributed by atoms with Crippen LogP contribution in [0.15, 0.2) is 24.3 Å². The number of carbonyl (C=O) groups is 2. The molecule has 0 saturated carbocycles. The largest absolute Gasteiger partial charge is 0.469 e. The van der Waals surface area contributed by atoms with Gasteiger partial charge in [-0.25, -0.2) is 0 Å². The average Bonchev–Trinajstić information content (AvgIpc) is 2.53. The molecule has 1 aliphatic rings. The Morgan fingerprint density at radius 1 is 1.36 bits per heavy atom. The monoisotopic (exact) mass is 324 g/mol. The molecular formula is C16H21ClN2O3. The Bertz CT molecular complexity index is 542. The molecule has 0 spiro atoms. The van der Waals surface area contributed by atoms with E-state index < -0.39 is 0 Å². The minimum absolute atomic E-state index is 0.0514. The quantitative estimate of drug-likeness (QED) is 0.865. The zero-order valence-electron chi connectivity index (χ0n) is 12.8. The van der Waals surface area contributed by atoms with Crippen LogP contribution >= 0.6 is 11.6 Å². The van der Waals surface area contributed by atoms with Gasteiger partial charge in [-0.2, -0.15) is 0 Å². The van der Waals surface area contributed by atoms with E-state index in [2.05, 4.69) is 10.2 Å². The number of methoxy groups -OCH3 is 1. The van der Waals surface area contributed by atoms with E-state index in [-0.39, 0.29) is 23.8 Å². The maximum atomic E-state index is 12.3. The van der Waals surface area contributed by atoms with Crippen LogP contribution in [0.25, 0.3) is 0 Å². The van der Waals surface area contributed by atoms with Gasteiger partial charge in [0.15, 0.2) is 0 Å². The number of esters is 1. The van der Waals surface area contributed by atoms with Gasteiger partial charge in [-0.05, 0) is 51.1 Å². The van der Waals surface area contributed by atoms with E-state index >= 15 is 0 Å². The van der Waals surface area contributed by atoms with Crippen molar-refractivity contribution in [3.8, 4) is 0 Å². The van der Waals surface area contributed by atoms with Gasteiger partial charge in [-0.1, -0.05) is 17.7 Å². The Labute approximate surface area is 135 Å². The predicted octanol–water partition coefficient (Wildman–Crippen LogP) is 2.55. The standard InChI is InChI=1S/C16H21ClN2O3/c1-11(15(20)18-14-5-3-4-13(17)10-14)19-8-6-12(7-9-19)16(21)22-2/h3-5,10-12H,6-9H2,1-2H3,(H,18,20)/t11-/m0/s1. The third-order valence-corrected chi connectivity index (χ3v) is 4.32. The van der Waals surface area contributed by atoms with Gasteiger partial charge in [0.25, 0.3) is 0 Å². The Morgan fingerprint density at radius 2 is 2.05 bits per heavy atom. The van der Waals surface area contributed by atoms with E-state index in [0.29, 0.717) is 23.8 Å². The molecule has 1 fully saturated rings. The zero-order valence-corrected chi connectivity index (χ0v) is 13.6. The van der Waals surface area contributed by atoms with Crippen LogP contribution in [0.2, 0.25) is 5.02 Å². The molecule has 1 saturated heterocycles. The second kappa shape index (κ2) is 7.61. The van der Waals surface area contributed by atoms with Crippen LogP contribution in [-0.2, 0) is 14.3 Å². The fourth-order valence-electron chi connectivity index (χ4n) is 2.67. The number of halogens is 1. The van der Waals surface area contributed by atoms with Gasteiger partial charge in [-0.3, -0.25) is 14.5 Å². The van der Waals surface area contributed by atoms with Crippen LogP contribution < -0.4 is 5.32 Å². The van der Waals surface area contributed by atoms with E-state index in [1.165, 1.54) is 7.11 Å². The van der Waals surface area contributed by atoms with Crippen molar-refractivity contribution in [2.24, 2.45) is 5.92 Å². The number of ether oxygens (including phenoxy) is 1. The van der Waals surface area contributed by atoms with Crippen molar-refractivity contribution in [3.05, 3.63) is 29.3 Å². The van der Waals surface area contributed by atoms with Crippen molar-refractivity contribution in [3.63, 3.8) is 0 Å². The van der Waals surface area contributed by atoms with Gasteiger partial charge < -0.3 is 10.1 Å². The molecule has 120 valence electrons. The molecule has 0 bridgehead atoms. The van der Waals surface area contributed by atoms with E-state index in [0.717, 1.165) is 12.8 Å². The molecule has 0 unspecified atom stereocenters. The first-order chi connectivity index (χ1) is 10.5. The van der Waals surface area contributed by atoms with Crippen LogP contribution in [0.3, 0.4) is 0 Å². The highest BCUT2D eigenvalue weighted by atomic mass is 35.5. The van der Waals surface area contributed by atoms with Crippen molar-refractivity contribution in [1.82, 2.24) is 4.90 Å². The number of hydrogen-bond acceptors (Lipinski definition) is 4. The van der Waals surface area contributed by atoms with E-state index in [1.807, 2.05) is 6.92 Å². The highest BCUT2D eigenvalue weighted by molar-refractivity contribution is 6.30. The Morgan fingerprint density at radius 3 is 2.64 bits per heavy atom. The van der Waals surface area contributed by atoms with Gasteiger partial charge >= 0.3 is 5.97 Å². The summed E-state index contributed by atoms with van der Waals surface area (Å²) in [4.78, 5) is 25.9. The smallest absolute Gasteiger partial charge is 0.308 e. The summed E-state index contributed by atoms with van der Waals surface area (Å²) in [6, 6.07) is 6.83. The Hall–Kier alpha value is -1.59. The molecule has 1 N–H and O–H groups in total. The highest BCUT2D eigenvalue weighted by Gasteiger charge is 2.30. The lowest BCUT2D eigenvalue weighted by atomic mass is 9.96. The molecule has 2 rings (SSSR count). The summed E-state index contributed by atoms with van der Waals surface area (Å²) in [5.74, 6) is -0.279. The van der Waals surface area contributed by atoms with E-state index in [9.17, 15) is 9.59 Å². The Kier molecular flexibility index (Phi) is 5.80. The van der Waals surface area contributed by atoms with Crippen LogP contribution in [-0.4, -0.2) is 43.0 Å². The fraction of sp³-hybridized carbons (Fsp3) is 0.500. The number of piperidine rings is 1. The third-order valence-electron chi connectivity index (χ3n) is 4.08. The van der Waals surface area contributed by atoms with Gasteiger partial charge in [0, 0.05) is 10.7 Å². The summed E-state index contributed by atoms with van der Waals surface area (Å²) < 4.78 is 4.77. The van der Waals surface area contributed by atoms with E-state index in [4.69, 9.17) is 16.3 Å². The van der Waals surface area contributed by atoms with E-state index in [1.54, 1.807) is 24.3 Å². The molecule has 1 heterocycles. The van der Waals surface area contributed by atoms with Crippen molar-refractivity contribution in [2.45, 2.75) is 25.8 Å². The summed E-state index contributed by atoms with van der Waals surface area (Å²) >= 11 is 5.91. The molecule has 6 heteroatoms. The normalized spacial score (nSPS) is 17.8. The molecule has 22 heavy (non-hydrogen) atoms. The number of rotatable bonds is 4. The SMILES string of the molecule is COC(=O)C1CCN([C@@H](C)C(=O)Nc2cccc(Cl)c2)CC1. The van der Waals surface area contributed by atoms with Crippen LogP contribution in [0, 0.1) is 5.92 Å². The summed E-state index contributed by atoms with van der Waals surface area (Å²) in [7, 11) is 1.41. The van der Waals surface area contributed by atoms with Gasteiger partial charge in [-0.15, -0.1) is 0 Å². The molecule has 1 aromatic rings. The predicted molar refractivity (Wildman–Crippen MR) is 85.9 cm³/mol. The summed E-state index contributed by atoms with van der Waals surface area (Å²) in [5, 5.41) is 3.46.